The Kier molecular flexibility index (Phi) is 6.52. The van der Waals surface area contributed by atoms with Gasteiger partial charge in [0.1, 0.15) is 0 Å². The summed E-state index contributed by atoms with van der Waals surface area (Å²) in [4.78, 5) is 0. The van der Waals surface area contributed by atoms with Crippen LogP contribution in [0.2, 0.25) is 0 Å². The quantitative estimate of drug-likeness (QED) is 0.487. The zero-order valence-corrected chi connectivity index (χ0v) is 5.27. The Hall–Kier alpha value is -0.260. The maximum absolute atomic E-state index is 5.24. The van der Waals surface area contributed by atoms with E-state index in [4.69, 9.17) is 6.92 Å². The molecule has 0 aromatic heterocycles. The Morgan fingerprint density at radius 2 is 1.88 bits per heavy atom. The van der Waals surface area contributed by atoms with Crippen molar-refractivity contribution in [2.45, 2.75) is 25.7 Å². The van der Waals surface area contributed by atoms with Crippen molar-refractivity contribution in [1.82, 2.24) is 0 Å². The Morgan fingerprint density at radius 3 is 2.38 bits per heavy atom. The van der Waals surface area contributed by atoms with Gasteiger partial charge in [0.2, 0.25) is 0 Å². The van der Waals surface area contributed by atoms with Gasteiger partial charge in [-0.3, -0.25) is 0 Å². The third kappa shape index (κ3) is 5.74. The van der Waals surface area contributed by atoms with E-state index in [0.717, 1.165) is 25.7 Å². The molecule has 0 saturated heterocycles. The van der Waals surface area contributed by atoms with Crippen molar-refractivity contribution in [3.8, 4) is 0 Å². The SMILES string of the molecule is [CH]CCC=CCC[CH2]. The van der Waals surface area contributed by atoms with Crippen molar-refractivity contribution in [3.63, 3.8) is 0 Å². The molecule has 0 nitrogen and oxygen atoms in total. The molecule has 0 N–H and O–H groups in total. The molecule has 0 fully saturated rings. The Balaban J connectivity index is 2.83. The average Bonchev–Trinajstić information content (AvgIpc) is 1.81. The summed E-state index contributed by atoms with van der Waals surface area (Å²) in [6.07, 6.45) is 8.06. The molecule has 0 heterocycles. The first-order chi connectivity index (χ1) is 3.91. The topological polar surface area (TPSA) is 0 Å². The van der Waals surface area contributed by atoms with Crippen LogP contribution in [-0.4, -0.2) is 0 Å². The van der Waals surface area contributed by atoms with Gasteiger partial charge in [0, 0.05) is 0 Å². The minimum absolute atomic E-state index is 0.758. The number of hydrogen-bond donors (Lipinski definition) is 0. The number of rotatable bonds is 4. The van der Waals surface area contributed by atoms with Crippen molar-refractivity contribution >= 4 is 0 Å². The van der Waals surface area contributed by atoms with Crippen LogP contribution >= 0.6 is 0 Å². The minimum Gasteiger partial charge on any atom is -0.0885 e. The molecule has 3 radical (unpaired) electrons. The lowest BCUT2D eigenvalue weighted by molar-refractivity contribution is 1.00. The van der Waals surface area contributed by atoms with Gasteiger partial charge in [0.25, 0.3) is 0 Å². The average molecular weight is 109 g/mol. The fraction of sp³-hybridized carbons (Fsp3) is 0.500. The van der Waals surface area contributed by atoms with E-state index in [1.54, 1.807) is 0 Å². The van der Waals surface area contributed by atoms with Gasteiger partial charge in [-0.05, 0) is 32.6 Å². The van der Waals surface area contributed by atoms with Crippen LogP contribution in [0.5, 0.6) is 0 Å². The lowest BCUT2D eigenvalue weighted by Gasteiger charge is -1.83. The Morgan fingerprint density at radius 1 is 1.25 bits per heavy atom. The van der Waals surface area contributed by atoms with Crippen molar-refractivity contribution in [2.24, 2.45) is 0 Å². The van der Waals surface area contributed by atoms with E-state index in [1.165, 1.54) is 0 Å². The highest BCUT2D eigenvalue weighted by Gasteiger charge is 1.72. The molecule has 0 aromatic rings. The van der Waals surface area contributed by atoms with Crippen LogP contribution in [0.1, 0.15) is 25.7 Å². The molecule has 0 atom stereocenters. The Labute approximate surface area is 52.6 Å². The molecule has 0 bridgehead atoms. The summed E-state index contributed by atoms with van der Waals surface area (Å²) in [6.45, 7) is 8.94. The van der Waals surface area contributed by atoms with Gasteiger partial charge in [-0.1, -0.05) is 19.1 Å². The van der Waals surface area contributed by atoms with Gasteiger partial charge in [0.15, 0.2) is 0 Å². The van der Waals surface area contributed by atoms with Gasteiger partial charge in [-0.15, -0.1) is 0 Å². The first-order valence-corrected chi connectivity index (χ1v) is 3.06. The second kappa shape index (κ2) is 6.74. The molecule has 0 rings (SSSR count). The first kappa shape index (κ1) is 7.74. The van der Waals surface area contributed by atoms with Gasteiger partial charge in [-0.25, -0.2) is 0 Å². The number of unbranched alkanes of at least 4 members (excludes halogenated alkanes) is 2. The zero-order valence-electron chi connectivity index (χ0n) is 5.27. The zero-order chi connectivity index (χ0) is 6.24. The van der Waals surface area contributed by atoms with E-state index in [-0.39, 0.29) is 0 Å². The van der Waals surface area contributed by atoms with Gasteiger partial charge in [0.05, 0.1) is 0 Å². The minimum atomic E-state index is 0.758. The molecule has 8 heavy (non-hydrogen) atoms. The highest BCUT2D eigenvalue weighted by Crippen LogP contribution is 1.92. The summed E-state index contributed by atoms with van der Waals surface area (Å²) in [7, 11) is 0. The van der Waals surface area contributed by atoms with Crippen molar-refractivity contribution in [3.05, 3.63) is 26.0 Å². The highest BCUT2D eigenvalue weighted by molar-refractivity contribution is 4.81. The maximum atomic E-state index is 5.24. The van der Waals surface area contributed by atoms with E-state index in [9.17, 15) is 0 Å². The smallest absolute Gasteiger partial charge is 0.0348 e. The fourth-order valence-corrected chi connectivity index (χ4v) is 0.450. The molecule has 0 aliphatic carbocycles. The second-order valence-corrected chi connectivity index (χ2v) is 1.69. The normalized spacial score (nSPS) is 10.8. The van der Waals surface area contributed by atoms with Gasteiger partial charge >= 0.3 is 0 Å². The summed E-state index contributed by atoms with van der Waals surface area (Å²) < 4.78 is 0. The lowest BCUT2D eigenvalue weighted by Crippen LogP contribution is -1.63. The molecule has 0 aromatic carbocycles. The standard InChI is InChI=1S/C8H13/c1-3-5-7-8-6-4-2/h1,7-8H,2-6H2. The Bertz CT molecular complexity index is 45.1. The molecular weight excluding hydrogens is 96.1 g/mol. The van der Waals surface area contributed by atoms with E-state index >= 15 is 0 Å². The molecule has 0 unspecified atom stereocenters. The van der Waals surface area contributed by atoms with Crippen molar-refractivity contribution in [1.29, 1.82) is 0 Å². The van der Waals surface area contributed by atoms with Crippen molar-refractivity contribution in [2.75, 3.05) is 0 Å². The molecule has 0 aliphatic heterocycles. The number of allylic oxidation sites excluding steroid dienone is 2. The molecular formula is C8H13. The van der Waals surface area contributed by atoms with E-state index in [1.807, 2.05) is 0 Å². The third-order valence-electron chi connectivity index (χ3n) is 0.871. The largest absolute Gasteiger partial charge is 0.0885 e. The lowest BCUT2D eigenvalue weighted by atomic mass is 10.2. The molecule has 0 spiro atoms. The highest BCUT2D eigenvalue weighted by atomic mass is 13.8. The molecule has 0 aliphatic rings. The van der Waals surface area contributed by atoms with Crippen LogP contribution in [0.3, 0.4) is 0 Å². The molecule has 0 heteroatoms. The summed E-state index contributed by atoms with van der Waals surface area (Å²) in [6, 6.07) is 0. The van der Waals surface area contributed by atoms with Crippen LogP contribution in [0.15, 0.2) is 12.2 Å². The fourth-order valence-electron chi connectivity index (χ4n) is 0.450. The predicted molar refractivity (Wildman–Crippen MR) is 37.3 cm³/mol. The predicted octanol–water partition coefficient (Wildman–Crippen LogP) is 2.65. The van der Waals surface area contributed by atoms with Crippen LogP contribution < -0.4 is 0 Å². The van der Waals surface area contributed by atoms with Crippen LogP contribution in [0, 0.1) is 13.8 Å². The summed E-state index contributed by atoms with van der Waals surface area (Å²) in [5.41, 5.74) is 0. The van der Waals surface area contributed by atoms with Crippen LogP contribution in [-0.2, 0) is 0 Å². The van der Waals surface area contributed by atoms with E-state index < -0.39 is 0 Å². The maximum Gasteiger partial charge on any atom is -0.0348 e. The van der Waals surface area contributed by atoms with E-state index in [0.29, 0.717) is 0 Å². The van der Waals surface area contributed by atoms with Crippen LogP contribution in [0.4, 0.5) is 0 Å². The van der Waals surface area contributed by atoms with Crippen molar-refractivity contribution < 1.29 is 0 Å². The number of hydrogen-bond acceptors (Lipinski definition) is 0. The summed E-state index contributed by atoms with van der Waals surface area (Å²) in [5, 5.41) is 0. The molecule has 45 valence electrons. The summed E-state index contributed by atoms with van der Waals surface area (Å²) >= 11 is 0. The van der Waals surface area contributed by atoms with Crippen LogP contribution in [0.25, 0.3) is 0 Å². The van der Waals surface area contributed by atoms with Gasteiger partial charge in [-0.2, -0.15) is 0 Å². The third-order valence-corrected chi connectivity index (χ3v) is 0.871. The van der Waals surface area contributed by atoms with E-state index in [2.05, 4.69) is 19.1 Å². The molecule has 0 saturated carbocycles. The second-order valence-electron chi connectivity index (χ2n) is 1.69. The summed E-state index contributed by atoms with van der Waals surface area (Å²) in [5.74, 6) is 0. The molecule has 0 amide bonds. The first-order valence-electron chi connectivity index (χ1n) is 3.06. The monoisotopic (exact) mass is 109 g/mol. The van der Waals surface area contributed by atoms with Gasteiger partial charge < -0.3 is 0 Å².